The number of amides is 1. The van der Waals surface area contributed by atoms with Crippen molar-refractivity contribution in [2.24, 2.45) is 0 Å². The van der Waals surface area contributed by atoms with E-state index in [0.29, 0.717) is 6.61 Å². The molecule has 0 N–H and O–H groups in total. The van der Waals surface area contributed by atoms with Gasteiger partial charge in [0.1, 0.15) is 6.54 Å². The SMILES string of the molecule is CCCCCOC(=O)CN(C)C(=O)c1ccco1. The zero-order valence-corrected chi connectivity index (χ0v) is 10.8. The fourth-order valence-electron chi connectivity index (χ4n) is 1.44. The van der Waals surface area contributed by atoms with Gasteiger partial charge in [-0.1, -0.05) is 19.8 Å². The molecule has 0 aliphatic rings. The van der Waals surface area contributed by atoms with E-state index in [-0.39, 0.29) is 18.2 Å². The van der Waals surface area contributed by atoms with Gasteiger partial charge in [0.2, 0.25) is 0 Å². The van der Waals surface area contributed by atoms with E-state index in [2.05, 4.69) is 6.92 Å². The van der Waals surface area contributed by atoms with E-state index in [1.54, 1.807) is 12.1 Å². The summed E-state index contributed by atoms with van der Waals surface area (Å²) in [6.07, 6.45) is 4.39. The van der Waals surface area contributed by atoms with Crippen LogP contribution in [0.1, 0.15) is 36.7 Å². The molecule has 1 rings (SSSR count). The number of ether oxygens (including phenoxy) is 1. The normalized spacial score (nSPS) is 10.1. The van der Waals surface area contributed by atoms with Gasteiger partial charge in [0.25, 0.3) is 5.91 Å². The molecule has 0 unspecified atom stereocenters. The van der Waals surface area contributed by atoms with Crippen LogP contribution in [0.3, 0.4) is 0 Å². The summed E-state index contributed by atoms with van der Waals surface area (Å²) in [7, 11) is 1.54. The Bertz CT molecular complexity index is 372. The van der Waals surface area contributed by atoms with Gasteiger partial charge >= 0.3 is 5.97 Å². The Hall–Kier alpha value is -1.78. The molecule has 0 saturated carbocycles. The van der Waals surface area contributed by atoms with Gasteiger partial charge in [-0.25, -0.2) is 0 Å². The summed E-state index contributed by atoms with van der Waals surface area (Å²) in [5.41, 5.74) is 0. The molecule has 1 aromatic heterocycles. The second-order valence-corrected chi connectivity index (χ2v) is 4.07. The predicted octanol–water partition coefficient (Wildman–Crippen LogP) is 2.08. The average molecular weight is 253 g/mol. The summed E-state index contributed by atoms with van der Waals surface area (Å²) in [6.45, 7) is 2.43. The topological polar surface area (TPSA) is 59.8 Å². The first-order valence-electron chi connectivity index (χ1n) is 6.09. The van der Waals surface area contributed by atoms with Crippen LogP contribution in [-0.4, -0.2) is 37.0 Å². The lowest BCUT2D eigenvalue weighted by Gasteiger charge is -2.14. The molecule has 5 heteroatoms. The Balaban J connectivity index is 2.29. The number of hydrogen-bond donors (Lipinski definition) is 0. The first-order chi connectivity index (χ1) is 8.65. The average Bonchev–Trinajstić information content (AvgIpc) is 2.87. The smallest absolute Gasteiger partial charge is 0.325 e. The summed E-state index contributed by atoms with van der Waals surface area (Å²) in [6, 6.07) is 3.19. The van der Waals surface area contributed by atoms with Crippen LogP contribution in [-0.2, 0) is 9.53 Å². The van der Waals surface area contributed by atoms with Crippen LogP contribution in [0.25, 0.3) is 0 Å². The molecular weight excluding hydrogens is 234 g/mol. The van der Waals surface area contributed by atoms with Crippen molar-refractivity contribution in [3.05, 3.63) is 24.2 Å². The van der Waals surface area contributed by atoms with Gasteiger partial charge in [-0.3, -0.25) is 9.59 Å². The highest BCUT2D eigenvalue weighted by Crippen LogP contribution is 2.04. The largest absolute Gasteiger partial charge is 0.464 e. The van der Waals surface area contributed by atoms with E-state index in [1.165, 1.54) is 18.2 Å². The number of carbonyl (C=O) groups is 2. The lowest BCUT2D eigenvalue weighted by molar-refractivity contribution is -0.144. The van der Waals surface area contributed by atoms with Gasteiger partial charge in [-0.05, 0) is 18.6 Å². The van der Waals surface area contributed by atoms with Gasteiger partial charge in [-0.2, -0.15) is 0 Å². The molecule has 5 nitrogen and oxygen atoms in total. The number of carbonyl (C=O) groups excluding carboxylic acids is 2. The molecule has 0 bridgehead atoms. The molecule has 1 aromatic rings. The first kappa shape index (κ1) is 14.3. The van der Waals surface area contributed by atoms with E-state index < -0.39 is 5.97 Å². The van der Waals surface area contributed by atoms with Crippen molar-refractivity contribution in [3.8, 4) is 0 Å². The Morgan fingerprint density at radius 1 is 1.39 bits per heavy atom. The van der Waals surface area contributed by atoms with Gasteiger partial charge in [0, 0.05) is 7.05 Å². The maximum absolute atomic E-state index is 11.7. The van der Waals surface area contributed by atoms with Gasteiger partial charge in [0.15, 0.2) is 5.76 Å². The summed E-state index contributed by atoms with van der Waals surface area (Å²) in [4.78, 5) is 24.5. The van der Waals surface area contributed by atoms with Gasteiger partial charge in [0.05, 0.1) is 12.9 Å². The maximum atomic E-state index is 11.7. The Kier molecular flexibility index (Phi) is 5.97. The molecule has 1 amide bonds. The zero-order chi connectivity index (χ0) is 13.4. The Labute approximate surface area is 107 Å². The quantitative estimate of drug-likeness (QED) is 0.551. The van der Waals surface area contributed by atoms with Crippen molar-refractivity contribution in [1.29, 1.82) is 0 Å². The van der Waals surface area contributed by atoms with Crippen LogP contribution in [0.2, 0.25) is 0 Å². The second-order valence-electron chi connectivity index (χ2n) is 4.07. The molecular formula is C13H19NO4. The summed E-state index contributed by atoms with van der Waals surface area (Å²) in [5.74, 6) is -0.504. The molecule has 0 spiro atoms. The minimum absolute atomic E-state index is 0.0638. The third-order valence-electron chi connectivity index (χ3n) is 2.46. The molecule has 1 heterocycles. The monoisotopic (exact) mass is 253 g/mol. The van der Waals surface area contributed by atoms with E-state index in [4.69, 9.17) is 9.15 Å². The second kappa shape index (κ2) is 7.53. The molecule has 0 fully saturated rings. The highest BCUT2D eigenvalue weighted by Gasteiger charge is 2.17. The number of nitrogens with zero attached hydrogens (tertiary/aromatic N) is 1. The molecule has 0 aromatic carbocycles. The Morgan fingerprint density at radius 3 is 2.78 bits per heavy atom. The van der Waals surface area contributed by atoms with Crippen molar-refractivity contribution >= 4 is 11.9 Å². The van der Waals surface area contributed by atoms with E-state index in [0.717, 1.165) is 19.3 Å². The highest BCUT2D eigenvalue weighted by molar-refractivity contribution is 5.93. The Morgan fingerprint density at radius 2 is 2.17 bits per heavy atom. The number of hydrogen-bond acceptors (Lipinski definition) is 4. The maximum Gasteiger partial charge on any atom is 0.325 e. The number of esters is 1. The third-order valence-corrected chi connectivity index (χ3v) is 2.46. The molecule has 0 radical (unpaired) electrons. The van der Waals surface area contributed by atoms with Crippen LogP contribution < -0.4 is 0 Å². The van der Waals surface area contributed by atoms with E-state index in [9.17, 15) is 9.59 Å². The minimum Gasteiger partial charge on any atom is -0.464 e. The standard InChI is InChI=1S/C13H19NO4/c1-3-4-5-8-18-12(15)10-14(2)13(16)11-7-6-9-17-11/h6-7,9H,3-5,8,10H2,1-2H3. The van der Waals surface area contributed by atoms with E-state index in [1.807, 2.05) is 0 Å². The van der Waals surface area contributed by atoms with Crippen molar-refractivity contribution in [3.63, 3.8) is 0 Å². The number of furan rings is 1. The molecule has 0 aliphatic heterocycles. The number of likely N-dealkylation sites (N-methyl/N-ethyl adjacent to an activating group) is 1. The predicted molar refractivity (Wildman–Crippen MR) is 66.2 cm³/mol. The fourth-order valence-corrected chi connectivity index (χ4v) is 1.44. The van der Waals surface area contributed by atoms with Crippen molar-refractivity contribution in [1.82, 2.24) is 4.90 Å². The van der Waals surface area contributed by atoms with E-state index >= 15 is 0 Å². The van der Waals surface area contributed by atoms with Crippen LogP contribution in [0.5, 0.6) is 0 Å². The summed E-state index contributed by atoms with van der Waals surface area (Å²) >= 11 is 0. The molecule has 0 aliphatic carbocycles. The highest BCUT2D eigenvalue weighted by atomic mass is 16.5. The van der Waals surface area contributed by atoms with Crippen molar-refractivity contribution < 1.29 is 18.7 Å². The first-order valence-corrected chi connectivity index (χ1v) is 6.09. The summed E-state index contributed by atoms with van der Waals surface area (Å²) in [5, 5.41) is 0. The van der Waals surface area contributed by atoms with Crippen LogP contribution in [0, 0.1) is 0 Å². The number of rotatable bonds is 7. The van der Waals surface area contributed by atoms with Crippen molar-refractivity contribution in [2.45, 2.75) is 26.2 Å². The minimum atomic E-state index is -0.395. The van der Waals surface area contributed by atoms with Crippen molar-refractivity contribution in [2.75, 3.05) is 20.2 Å². The van der Waals surface area contributed by atoms with Gasteiger partial charge in [-0.15, -0.1) is 0 Å². The molecule has 0 atom stereocenters. The van der Waals surface area contributed by atoms with Crippen LogP contribution in [0.15, 0.2) is 22.8 Å². The third kappa shape index (κ3) is 4.61. The lowest BCUT2D eigenvalue weighted by Crippen LogP contribution is -2.32. The van der Waals surface area contributed by atoms with Gasteiger partial charge < -0.3 is 14.1 Å². The molecule has 100 valence electrons. The van der Waals surface area contributed by atoms with Crippen LogP contribution >= 0.6 is 0 Å². The fraction of sp³-hybridized carbons (Fsp3) is 0.538. The molecule has 0 saturated heterocycles. The molecule has 18 heavy (non-hydrogen) atoms. The number of unbranched alkanes of at least 4 members (excludes halogenated alkanes) is 2. The zero-order valence-electron chi connectivity index (χ0n) is 10.8. The van der Waals surface area contributed by atoms with Crippen LogP contribution in [0.4, 0.5) is 0 Å². The summed E-state index contributed by atoms with van der Waals surface area (Å²) < 4.78 is 9.99. The lowest BCUT2D eigenvalue weighted by atomic mass is 10.3.